The van der Waals surface area contributed by atoms with Gasteiger partial charge in [-0.3, -0.25) is 9.59 Å². The number of rotatable bonds is 7. The van der Waals surface area contributed by atoms with E-state index >= 15 is 0 Å². The van der Waals surface area contributed by atoms with Gasteiger partial charge in [-0.2, -0.15) is 0 Å². The molecule has 2 aromatic rings. The fraction of sp³-hybridized carbons (Fsp3) is 0.333. The highest BCUT2D eigenvalue weighted by Crippen LogP contribution is 2.48. The van der Waals surface area contributed by atoms with Gasteiger partial charge < -0.3 is 19.9 Å². The van der Waals surface area contributed by atoms with E-state index < -0.39 is 18.3 Å². The fourth-order valence-corrected chi connectivity index (χ4v) is 3.72. The molecule has 2 aromatic carbocycles. The van der Waals surface area contributed by atoms with Crippen LogP contribution >= 0.6 is 46.4 Å². The fourth-order valence-electron chi connectivity index (χ4n) is 2.73. The molecule has 2 rings (SSSR count). The van der Waals surface area contributed by atoms with Crippen LogP contribution in [-0.4, -0.2) is 23.6 Å². The van der Waals surface area contributed by atoms with Crippen molar-refractivity contribution in [2.45, 2.75) is 40.0 Å². The zero-order valence-corrected chi connectivity index (χ0v) is 20.3. The van der Waals surface area contributed by atoms with Gasteiger partial charge in [0.05, 0.1) is 27.4 Å². The van der Waals surface area contributed by atoms with Gasteiger partial charge in [0.1, 0.15) is 22.9 Å². The standard InChI is InChI=1S/C21H21Cl4NO5/c1-5-30-15(28)8-14(27)26-19-10(4)16(23)21(18(25)17(19)24)31-11-6-12(9(2)3)20(29)13(22)7-11/h6-7,9,29H,5,8H2,1-4H3,(H,26,27). The maximum Gasteiger partial charge on any atom is 0.315 e. The predicted octanol–water partition coefficient (Wildman–Crippen LogP) is 7.12. The molecule has 0 aromatic heterocycles. The maximum atomic E-state index is 12.1. The van der Waals surface area contributed by atoms with E-state index in [1.165, 1.54) is 6.07 Å². The molecular weight excluding hydrogens is 488 g/mol. The molecule has 0 spiro atoms. The number of anilines is 1. The Kier molecular flexibility index (Phi) is 8.72. The smallest absolute Gasteiger partial charge is 0.315 e. The Morgan fingerprint density at radius 1 is 1.10 bits per heavy atom. The van der Waals surface area contributed by atoms with Crippen LogP contribution in [0.1, 0.15) is 44.2 Å². The third-order valence-corrected chi connectivity index (χ3v) is 5.88. The lowest BCUT2D eigenvalue weighted by atomic mass is 10.0. The van der Waals surface area contributed by atoms with Gasteiger partial charge in [-0.25, -0.2) is 0 Å². The number of phenolic OH excluding ortho intramolecular Hbond substituents is 1. The van der Waals surface area contributed by atoms with E-state index in [0.29, 0.717) is 16.9 Å². The van der Waals surface area contributed by atoms with E-state index in [1.54, 1.807) is 19.9 Å². The number of carbonyl (C=O) groups is 2. The molecule has 10 heteroatoms. The molecular formula is C21H21Cl4NO5. The van der Waals surface area contributed by atoms with Crippen LogP contribution in [0.2, 0.25) is 20.1 Å². The van der Waals surface area contributed by atoms with E-state index in [4.69, 9.17) is 55.9 Å². The van der Waals surface area contributed by atoms with Crippen molar-refractivity contribution in [3.8, 4) is 17.2 Å². The van der Waals surface area contributed by atoms with Crippen molar-refractivity contribution in [2.24, 2.45) is 0 Å². The third kappa shape index (κ3) is 5.89. The van der Waals surface area contributed by atoms with Gasteiger partial charge in [0.15, 0.2) is 5.75 Å². The summed E-state index contributed by atoms with van der Waals surface area (Å²) in [6.45, 7) is 7.20. The quantitative estimate of drug-likeness (QED) is 0.236. The first-order chi connectivity index (χ1) is 14.5. The summed E-state index contributed by atoms with van der Waals surface area (Å²) in [5.74, 6) is -0.993. The molecule has 0 unspecified atom stereocenters. The molecule has 0 fully saturated rings. The molecule has 0 radical (unpaired) electrons. The predicted molar refractivity (Wildman–Crippen MR) is 123 cm³/mol. The number of hydrogen-bond donors (Lipinski definition) is 2. The lowest BCUT2D eigenvalue weighted by Gasteiger charge is -2.19. The molecule has 0 aliphatic heterocycles. The molecule has 0 saturated carbocycles. The van der Waals surface area contributed by atoms with Gasteiger partial charge in [0.2, 0.25) is 5.91 Å². The zero-order chi connectivity index (χ0) is 23.5. The number of aromatic hydroxyl groups is 1. The second-order valence-electron chi connectivity index (χ2n) is 6.90. The molecule has 2 N–H and O–H groups in total. The molecule has 0 aliphatic rings. The van der Waals surface area contributed by atoms with Crippen LogP contribution in [0.15, 0.2) is 12.1 Å². The van der Waals surface area contributed by atoms with Crippen LogP contribution in [-0.2, 0) is 14.3 Å². The number of hydrogen-bond acceptors (Lipinski definition) is 5. The van der Waals surface area contributed by atoms with E-state index in [-0.39, 0.29) is 49.8 Å². The lowest BCUT2D eigenvalue weighted by molar-refractivity contribution is -0.145. The minimum atomic E-state index is -0.670. The SMILES string of the molecule is CCOC(=O)CC(=O)Nc1c(C)c(Cl)c(Oc2cc(Cl)c(O)c(C(C)C)c2)c(Cl)c1Cl. The second kappa shape index (κ2) is 10.6. The molecule has 0 heterocycles. The average molecular weight is 509 g/mol. The minimum absolute atomic E-state index is 0.00951. The first-order valence-corrected chi connectivity index (χ1v) is 10.8. The Balaban J connectivity index is 2.40. The van der Waals surface area contributed by atoms with Crippen molar-refractivity contribution >= 4 is 64.0 Å². The highest BCUT2D eigenvalue weighted by Gasteiger charge is 2.24. The zero-order valence-electron chi connectivity index (χ0n) is 17.2. The Morgan fingerprint density at radius 2 is 1.74 bits per heavy atom. The molecule has 6 nitrogen and oxygen atoms in total. The minimum Gasteiger partial charge on any atom is -0.506 e. The number of halogens is 4. The van der Waals surface area contributed by atoms with E-state index in [0.717, 1.165) is 0 Å². The van der Waals surface area contributed by atoms with Crippen molar-refractivity contribution in [1.82, 2.24) is 0 Å². The highest BCUT2D eigenvalue weighted by atomic mass is 35.5. The Morgan fingerprint density at radius 3 is 2.32 bits per heavy atom. The Labute approximate surface area is 200 Å². The van der Waals surface area contributed by atoms with Crippen LogP contribution in [0.25, 0.3) is 0 Å². The molecule has 0 bridgehead atoms. The highest BCUT2D eigenvalue weighted by molar-refractivity contribution is 6.47. The number of benzene rings is 2. The summed E-state index contributed by atoms with van der Waals surface area (Å²) in [4.78, 5) is 23.7. The van der Waals surface area contributed by atoms with Crippen LogP contribution < -0.4 is 10.1 Å². The summed E-state index contributed by atoms with van der Waals surface area (Å²) < 4.78 is 10.6. The van der Waals surface area contributed by atoms with E-state index in [1.807, 2.05) is 13.8 Å². The van der Waals surface area contributed by atoms with Gasteiger partial charge in [-0.1, -0.05) is 60.3 Å². The monoisotopic (exact) mass is 507 g/mol. The summed E-state index contributed by atoms with van der Waals surface area (Å²) in [5, 5.41) is 12.8. The summed E-state index contributed by atoms with van der Waals surface area (Å²) in [5.41, 5.74) is 1.13. The maximum absolute atomic E-state index is 12.1. The normalized spacial score (nSPS) is 10.9. The summed E-state index contributed by atoms with van der Waals surface area (Å²) in [7, 11) is 0. The van der Waals surface area contributed by atoms with Crippen LogP contribution in [0, 0.1) is 6.92 Å². The van der Waals surface area contributed by atoms with Gasteiger partial charge in [-0.15, -0.1) is 0 Å². The molecule has 0 atom stereocenters. The number of esters is 1. The number of ether oxygens (including phenoxy) is 2. The van der Waals surface area contributed by atoms with Gasteiger partial charge in [0.25, 0.3) is 0 Å². The number of carbonyl (C=O) groups excluding carboxylic acids is 2. The number of nitrogens with one attached hydrogen (secondary N) is 1. The second-order valence-corrected chi connectivity index (χ2v) is 8.44. The largest absolute Gasteiger partial charge is 0.506 e. The summed E-state index contributed by atoms with van der Waals surface area (Å²) in [6.07, 6.45) is -0.485. The van der Waals surface area contributed by atoms with Crippen LogP contribution in [0.5, 0.6) is 17.2 Å². The first-order valence-electron chi connectivity index (χ1n) is 9.30. The third-order valence-electron chi connectivity index (χ3n) is 4.30. The average Bonchev–Trinajstić information content (AvgIpc) is 2.69. The molecule has 1 amide bonds. The topological polar surface area (TPSA) is 84.9 Å². The van der Waals surface area contributed by atoms with Crippen molar-refractivity contribution < 1.29 is 24.2 Å². The van der Waals surface area contributed by atoms with E-state index in [9.17, 15) is 14.7 Å². The number of phenols is 1. The van der Waals surface area contributed by atoms with E-state index in [2.05, 4.69) is 5.32 Å². The Bertz CT molecular complexity index is 995. The molecule has 0 saturated heterocycles. The van der Waals surface area contributed by atoms with Crippen molar-refractivity contribution in [3.63, 3.8) is 0 Å². The van der Waals surface area contributed by atoms with Crippen molar-refractivity contribution in [3.05, 3.63) is 43.4 Å². The van der Waals surface area contributed by atoms with Gasteiger partial charge in [0, 0.05) is 11.6 Å². The first kappa shape index (κ1) is 25.4. The molecule has 168 valence electrons. The van der Waals surface area contributed by atoms with Gasteiger partial charge in [-0.05, 0) is 31.4 Å². The summed E-state index contributed by atoms with van der Waals surface area (Å²) in [6, 6.07) is 3.05. The van der Waals surface area contributed by atoms with Crippen LogP contribution in [0.4, 0.5) is 5.69 Å². The van der Waals surface area contributed by atoms with Gasteiger partial charge >= 0.3 is 5.97 Å². The number of amides is 1. The van der Waals surface area contributed by atoms with Crippen molar-refractivity contribution in [2.75, 3.05) is 11.9 Å². The Hall–Kier alpha value is -1.86. The molecule has 31 heavy (non-hydrogen) atoms. The van der Waals surface area contributed by atoms with Crippen molar-refractivity contribution in [1.29, 1.82) is 0 Å². The van der Waals surface area contributed by atoms with Crippen LogP contribution in [0.3, 0.4) is 0 Å². The molecule has 0 aliphatic carbocycles. The summed E-state index contributed by atoms with van der Waals surface area (Å²) >= 11 is 25.3. The lowest BCUT2D eigenvalue weighted by Crippen LogP contribution is -2.19.